The molecule has 108 valence electrons. The van der Waals surface area contributed by atoms with Crippen LogP contribution in [0.5, 0.6) is 0 Å². The molecule has 6 heteroatoms. The summed E-state index contributed by atoms with van der Waals surface area (Å²) in [7, 11) is 0. The Morgan fingerprint density at radius 1 is 1.25 bits per heavy atom. The lowest BCUT2D eigenvalue weighted by atomic mass is 9.92. The van der Waals surface area contributed by atoms with Gasteiger partial charge in [-0.1, -0.05) is 40.2 Å². The summed E-state index contributed by atoms with van der Waals surface area (Å²) >= 11 is 3.17. The van der Waals surface area contributed by atoms with E-state index in [1.807, 2.05) is 0 Å². The zero-order valence-corrected chi connectivity index (χ0v) is 11.9. The Bertz CT molecular complexity index is 511. The Labute approximate surface area is 122 Å². The predicted octanol–water partition coefficient (Wildman–Crippen LogP) is 4.46. The first-order valence-electron chi connectivity index (χ1n) is 6.06. The van der Waals surface area contributed by atoms with Gasteiger partial charge in [-0.15, -0.1) is 0 Å². The van der Waals surface area contributed by atoms with Crippen molar-refractivity contribution in [2.45, 2.75) is 25.1 Å². The maximum Gasteiger partial charge on any atom is 0.392 e. The summed E-state index contributed by atoms with van der Waals surface area (Å²) in [4.78, 5) is 11.9. The third-order valence-electron chi connectivity index (χ3n) is 3.13. The molecule has 0 N–H and O–H groups in total. The van der Waals surface area contributed by atoms with Crippen LogP contribution < -0.4 is 0 Å². The van der Waals surface area contributed by atoms with Gasteiger partial charge in [0.05, 0.1) is 11.5 Å². The average molecular weight is 349 g/mol. The number of carbonyl (C=O) groups excluding carboxylic acids is 1. The quantitative estimate of drug-likeness (QED) is 0.737. The van der Waals surface area contributed by atoms with Crippen LogP contribution in [0, 0.1) is 5.92 Å². The highest BCUT2D eigenvalue weighted by Crippen LogP contribution is 2.39. The van der Waals surface area contributed by atoms with Crippen LogP contribution in [0.4, 0.5) is 13.2 Å². The van der Waals surface area contributed by atoms with Crippen LogP contribution in [0.25, 0.3) is 0 Å². The van der Waals surface area contributed by atoms with Crippen molar-refractivity contribution in [3.8, 4) is 0 Å². The first-order chi connectivity index (χ1) is 9.38. The van der Waals surface area contributed by atoms with Crippen molar-refractivity contribution in [3.63, 3.8) is 0 Å². The van der Waals surface area contributed by atoms with E-state index >= 15 is 0 Å². The van der Waals surface area contributed by atoms with E-state index in [1.54, 1.807) is 30.3 Å². The Morgan fingerprint density at radius 2 is 1.90 bits per heavy atom. The fraction of sp³-hybridized carbons (Fsp3) is 0.357. The molecule has 0 spiro atoms. The molecule has 1 aromatic rings. The maximum absolute atomic E-state index is 12.7. The minimum atomic E-state index is -4.28. The first-order valence-corrected chi connectivity index (χ1v) is 6.85. The first kappa shape index (κ1) is 15.1. The van der Waals surface area contributed by atoms with E-state index in [0.717, 1.165) is 0 Å². The van der Waals surface area contributed by atoms with Crippen molar-refractivity contribution in [1.29, 1.82) is 0 Å². The minimum absolute atomic E-state index is 0.0938. The van der Waals surface area contributed by atoms with Crippen LogP contribution in [0.3, 0.4) is 0 Å². The molecule has 2 rings (SSSR count). The van der Waals surface area contributed by atoms with Crippen LogP contribution >= 0.6 is 15.9 Å². The highest BCUT2D eigenvalue weighted by molar-refractivity contribution is 9.11. The molecule has 0 amide bonds. The predicted molar refractivity (Wildman–Crippen MR) is 71.4 cm³/mol. The van der Waals surface area contributed by atoms with Crippen molar-refractivity contribution in [2.75, 3.05) is 0 Å². The van der Waals surface area contributed by atoms with E-state index in [1.165, 1.54) is 6.08 Å². The fourth-order valence-electron chi connectivity index (χ4n) is 2.00. The van der Waals surface area contributed by atoms with Crippen LogP contribution in [-0.2, 0) is 4.74 Å². The van der Waals surface area contributed by atoms with Gasteiger partial charge in [-0.2, -0.15) is 13.2 Å². The Balaban J connectivity index is 2.07. The van der Waals surface area contributed by atoms with E-state index < -0.39 is 24.2 Å². The second-order valence-corrected chi connectivity index (χ2v) is 5.47. The second-order valence-electron chi connectivity index (χ2n) is 4.56. The minimum Gasteiger partial charge on any atom is -0.453 e. The van der Waals surface area contributed by atoms with Crippen LogP contribution in [-0.4, -0.2) is 18.2 Å². The van der Waals surface area contributed by atoms with E-state index in [-0.39, 0.29) is 12.8 Å². The number of alkyl halides is 3. The molecular formula is C14H12BrF3O2. The third-order valence-corrected chi connectivity index (χ3v) is 3.96. The van der Waals surface area contributed by atoms with Gasteiger partial charge in [-0.3, -0.25) is 0 Å². The van der Waals surface area contributed by atoms with E-state index in [0.29, 0.717) is 10.0 Å². The number of carbonyl (C=O) groups is 1. The lowest BCUT2D eigenvalue weighted by Crippen LogP contribution is -2.32. The Kier molecular flexibility index (Phi) is 4.52. The number of hydrogen-bond donors (Lipinski definition) is 0. The molecular weight excluding hydrogens is 337 g/mol. The SMILES string of the molecule is O=C(O[C@H]1CC(C(F)(F)F)CC=C1Br)c1ccccc1. The molecule has 1 aliphatic rings. The smallest absolute Gasteiger partial charge is 0.392 e. The molecule has 0 bridgehead atoms. The molecule has 0 saturated carbocycles. The summed E-state index contributed by atoms with van der Waals surface area (Å²) < 4.78 is 43.8. The van der Waals surface area contributed by atoms with Gasteiger partial charge in [0, 0.05) is 10.9 Å². The molecule has 1 aliphatic carbocycles. The average Bonchev–Trinajstić information content (AvgIpc) is 2.41. The summed E-state index contributed by atoms with van der Waals surface area (Å²) in [6, 6.07) is 8.20. The number of allylic oxidation sites excluding steroid dienone is 1. The largest absolute Gasteiger partial charge is 0.453 e. The lowest BCUT2D eigenvalue weighted by Gasteiger charge is -2.28. The van der Waals surface area contributed by atoms with Crippen molar-refractivity contribution < 1.29 is 22.7 Å². The molecule has 2 atom stereocenters. The Hall–Kier alpha value is -1.30. The van der Waals surface area contributed by atoms with Crippen molar-refractivity contribution in [1.82, 2.24) is 0 Å². The molecule has 0 saturated heterocycles. The molecule has 0 aliphatic heterocycles. The van der Waals surface area contributed by atoms with Gasteiger partial charge in [-0.05, 0) is 18.6 Å². The molecule has 0 fully saturated rings. The number of halogens is 4. The summed E-state index contributed by atoms with van der Waals surface area (Å²) in [5.74, 6) is -2.10. The van der Waals surface area contributed by atoms with Gasteiger partial charge in [-0.25, -0.2) is 4.79 Å². The normalized spacial score (nSPS) is 23.1. The third kappa shape index (κ3) is 3.62. The van der Waals surface area contributed by atoms with Crippen LogP contribution in [0.15, 0.2) is 40.9 Å². The van der Waals surface area contributed by atoms with Crippen molar-refractivity contribution >= 4 is 21.9 Å². The summed E-state index contributed by atoms with van der Waals surface area (Å²) in [6.07, 6.45) is -4.09. The van der Waals surface area contributed by atoms with Gasteiger partial charge < -0.3 is 4.74 Å². The maximum atomic E-state index is 12.7. The highest BCUT2D eigenvalue weighted by Gasteiger charge is 2.43. The van der Waals surface area contributed by atoms with Gasteiger partial charge in [0.1, 0.15) is 6.10 Å². The topological polar surface area (TPSA) is 26.3 Å². The molecule has 1 aromatic carbocycles. The number of esters is 1. The monoisotopic (exact) mass is 348 g/mol. The number of ether oxygens (including phenoxy) is 1. The zero-order chi connectivity index (χ0) is 14.8. The number of rotatable bonds is 2. The standard InChI is InChI=1S/C14H12BrF3O2/c15-11-7-6-10(14(16,17)18)8-12(11)20-13(19)9-4-2-1-3-5-9/h1-5,7,10,12H,6,8H2/t10?,12-/m0/s1. The zero-order valence-electron chi connectivity index (χ0n) is 10.4. The van der Waals surface area contributed by atoms with Crippen molar-refractivity contribution in [2.24, 2.45) is 5.92 Å². The van der Waals surface area contributed by atoms with Gasteiger partial charge in [0.25, 0.3) is 0 Å². The summed E-state index contributed by atoms with van der Waals surface area (Å²) in [5, 5.41) is 0. The number of hydrogen-bond acceptors (Lipinski definition) is 2. The molecule has 1 unspecified atom stereocenters. The molecule has 20 heavy (non-hydrogen) atoms. The van der Waals surface area contributed by atoms with Crippen LogP contribution in [0.2, 0.25) is 0 Å². The Morgan fingerprint density at radius 3 is 2.50 bits per heavy atom. The van der Waals surface area contributed by atoms with Gasteiger partial charge in [0.15, 0.2) is 0 Å². The van der Waals surface area contributed by atoms with Crippen molar-refractivity contribution in [3.05, 3.63) is 46.5 Å². The molecule has 0 heterocycles. The molecule has 0 aromatic heterocycles. The van der Waals surface area contributed by atoms with E-state index in [4.69, 9.17) is 4.74 Å². The lowest BCUT2D eigenvalue weighted by molar-refractivity contribution is -0.181. The summed E-state index contributed by atoms with van der Waals surface area (Å²) in [6.45, 7) is 0. The van der Waals surface area contributed by atoms with E-state index in [2.05, 4.69) is 15.9 Å². The highest BCUT2D eigenvalue weighted by atomic mass is 79.9. The second kappa shape index (κ2) is 5.99. The van der Waals surface area contributed by atoms with Crippen LogP contribution in [0.1, 0.15) is 23.2 Å². The van der Waals surface area contributed by atoms with E-state index in [9.17, 15) is 18.0 Å². The van der Waals surface area contributed by atoms with Gasteiger partial charge in [0.2, 0.25) is 0 Å². The van der Waals surface area contributed by atoms with Gasteiger partial charge >= 0.3 is 12.1 Å². The summed E-state index contributed by atoms with van der Waals surface area (Å²) in [5.41, 5.74) is 0.321. The molecule has 0 radical (unpaired) electrons. The number of benzene rings is 1. The fourth-order valence-corrected chi connectivity index (χ4v) is 2.46. The molecule has 2 nitrogen and oxygen atoms in total.